The summed E-state index contributed by atoms with van der Waals surface area (Å²) in [6.07, 6.45) is 2.41. The number of hydrazine groups is 1. The Morgan fingerprint density at radius 2 is 1.87 bits per heavy atom. The quantitative estimate of drug-likeness (QED) is 0.792. The van der Waals surface area contributed by atoms with Crippen molar-refractivity contribution in [2.24, 2.45) is 0 Å². The van der Waals surface area contributed by atoms with E-state index in [1.807, 2.05) is 41.3 Å². The first-order chi connectivity index (χ1) is 15.2. The maximum Gasteiger partial charge on any atom is 0.254 e. The smallest absolute Gasteiger partial charge is 0.254 e. The van der Waals surface area contributed by atoms with Crippen LogP contribution < -0.4 is 20.5 Å². The molecule has 0 spiro atoms. The van der Waals surface area contributed by atoms with Crippen LogP contribution in [0.1, 0.15) is 40.2 Å². The third-order valence-electron chi connectivity index (χ3n) is 6.69. The molecule has 2 saturated heterocycles. The molecule has 0 saturated carbocycles. The monoisotopic (exact) mass is 420 g/mol. The number of nitrogens with one attached hydrogen (secondary N) is 2. The number of amides is 2. The summed E-state index contributed by atoms with van der Waals surface area (Å²) in [7, 11) is 1.63. The van der Waals surface area contributed by atoms with E-state index in [1.54, 1.807) is 12.0 Å². The molecule has 2 N–H and O–H groups in total. The minimum atomic E-state index is -0.410. The van der Waals surface area contributed by atoms with E-state index in [1.165, 1.54) is 5.56 Å². The number of benzene rings is 2. The number of carbonyl (C=O) groups is 2. The van der Waals surface area contributed by atoms with E-state index in [2.05, 4.69) is 16.9 Å². The first-order valence-corrected chi connectivity index (χ1v) is 11.0. The molecule has 3 aliphatic heterocycles. The van der Waals surface area contributed by atoms with Crippen molar-refractivity contribution in [1.82, 2.24) is 15.8 Å². The van der Waals surface area contributed by atoms with Gasteiger partial charge in [-0.2, -0.15) is 0 Å². The van der Waals surface area contributed by atoms with Gasteiger partial charge in [-0.15, -0.1) is 0 Å². The van der Waals surface area contributed by atoms with E-state index >= 15 is 0 Å². The minimum Gasteiger partial charge on any atom is -0.496 e. The largest absolute Gasteiger partial charge is 0.496 e. The summed E-state index contributed by atoms with van der Waals surface area (Å²) >= 11 is 0. The van der Waals surface area contributed by atoms with Gasteiger partial charge in [-0.3, -0.25) is 20.4 Å². The number of likely N-dealkylation sites (tertiary alicyclic amines) is 1. The van der Waals surface area contributed by atoms with Crippen LogP contribution in [0.2, 0.25) is 0 Å². The van der Waals surface area contributed by atoms with Crippen LogP contribution in [0, 0.1) is 0 Å². The van der Waals surface area contributed by atoms with E-state index in [4.69, 9.17) is 4.74 Å². The number of nitrogens with zero attached hydrogens (tertiary/aromatic N) is 2. The molecule has 31 heavy (non-hydrogen) atoms. The predicted octanol–water partition coefficient (Wildman–Crippen LogP) is 2.08. The summed E-state index contributed by atoms with van der Waals surface area (Å²) in [4.78, 5) is 30.4. The van der Waals surface area contributed by atoms with Gasteiger partial charge < -0.3 is 14.5 Å². The number of fused-ring (bicyclic) bond motifs is 1. The fraction of sp³-hybridized carbons (Fsp3) is 0.417. The second kappa shape index (κ2) is 8.32. The Labute approximate surface area is 182 Å². The molecule has 0 aliphatic carbocycles. The second-order valence-corrected chi connectivity index (χ2v) is 8.44. The molecule has 0 aromatic heterocycles. The summed E-state index contributed by atoms with van der Waals surface area (Å²) in [5.41, 5.74) is 10.1. The molecule has 162 valence electrons. The Morgan fingerprint density at radius 1 is 1.06 bits per heavy atom. The number of rotatable bonds is 4. The van der Waals surface area contributed by atoms with Crippen molar-refractivity contribution in [3.8, 4) is 5.75 Å². The fourth-order valence-corrected chi connectivity index (χ4v) is 5.04. The number of hydrogen-bond acceptors (Lipinski definition) is 5. The lowest BCUT2D eigenvalue weighted by molar-refractivity contribution is -0.122. The molecule has 5 rings (SSSR count). The van der Waals surface area contributed by atoms with Crippen molar-refractivity contribution >= 4 is 17.5 Å². The molecular weight excluding hydrogens is 392 g/mol. The Hall–Kier alpha value is -2.90. The molecule has 2 fully saturated rings. The minimum absolute atomic E-state index is 0.0301. The highest BCUT2D eigenvalue weighted by Crippen LogP contribution is 2.33. The van der Waals surface area contributed by atoms with Gasteiger partial charge in [0, 0.05) is 43.3 Å². The first kappa shape index (κ1) is 20.0. The molecule has 1 atom stereocenters. The van der Waals surface area contributed by atoms with E-state index in [-0.39, 0.29) is 11.8 Å². The van der Waals surface area contributed by atoms with Gasteiger partial charge in [0.25, 0.3) is 5.91 Å². The van der Waals surface area contributed by atoms with Crippen molar-refractivity contribution in [2.45, 2.75) is 31.2 Å². The van der Waals surface area contributed by atoms with Gasteiger partial charge in [0.05, 0.1) is 7.11 Å². The standard InChI is InChI=1S/C24H28N4O3/c1-31-22-13-17(8-9-19(22)18-14-25-26-15-18)23(29)27-11-4-7-21(27)24(30)28-12-10-16-5-2-3-6-20(16)28/h2-3,5-6,8-9,13,18,21,25-26H,4,7,10-12,14-15H2,1H3/t21-/m1/s1. The molecule has 2 aromatic rings. The zero-order chi connectivity index (χ0) is 21.4. The van der Waals surface area contributed by atoms with Crippen LogP contribution in [0.15, 0.2) is 42.5 Å². The van der Waals surface area contributed by atoms with Gasteiger partial charge in [0.2, 0.25) is 5.91 Å². The molecule has 0 bridgehead atoms. The van der Waals surface area contributed by atoms with Gasteiger partial charge in [-0.1, -0.05) is 24.3 Å². The fourth-order valence-electron chi connectivity index (χ4n) is 5.04. The van der Waals surface area contributed by atoms with Crippen molar-refractivity contribution in [2.75, 3.05) is 38.2 Å². The van der Waals surface area contributed by atoms with E-state index in [0.717, 1.165) is 42.9 Å². The van der Waals surface area contributed by atoms with Gasteiger partial charge in [0.1, 0.15) is 11.8 Å². The lowest BCUT2D eigenvalue weighted by Gasteiger charge is -2.28. The van der Waals surface area contributed by atoms with Crippen molar-refractivity contribution in [1.29, 1.82) is 0 Å². The SMILES string of the molecule is COc1cc(C(=O)N2CCC[C@@H]2C(=O)N2CCc3ccccc32)ccc1C1CNNC1. The summed E-state index contributed by atoms with van der Waals surface area (Å²) in [5, 5.41) is 0. The molecule has 7 heteroatoms. The van der Waals surface area contributed by atoms with Crippen LogP contribution >= 0.6 is 0 Å². The summed E-state index contributed by atoms with van der Waals surface area (Å²) in [5.74, 6) is 0.950. The van der Waals surface area contributed by atoms with Gasteiger partial charge in [-0.25, -0.2) is 0 Å². The van der Waals surface area contributed by atoms with E-state index < -0.39 is 6.04 Å². The van der Waals surface area contributed by atoms with Crippen LogP contribution in [-0.4, -0.2) is 56.0 Å². The van der Waals surface area contributed by atoms with E-state index in [0.29, 0.717) is 31.0 Å². The molecule has 3 heterocycles. The Balaban J connectivity index is 1.37. The average molecular weight is 421 g/mol. The van der Waals surface area contributed by atoms with Crippen LogP contribution in [0.3, 0.4) is 0 Å². The Bertz CT molecular complexity index is 1000. The third kappa shape index (κ3) is 3.58. The van der Waals surface area contributed by atoms with Crippen molar-refractivity contribution in [3.05, 3.63) is 59.2 Å². The zero-order valence-electron chi connectivity index (χ0n) is 17.8. The van der Waals surface area contributed by atoms with Crippen LogP contribution in [0.5, 0.6) is 5.75 Å². The number of para-hydroxylation sites is 1. The topological polar surface area (TPSA) is 73.9 Å². The summed E-state index contributed by atoms with van der Waals surface area (Å²) in [6.45, 7) is 2.93. The van der Waals surface area contributed by atoms with Gasteiger partial charge >= 0.3 is 0 Å². The zero-order valence-corrected chi connectivity index (χ0v) is 17.8. The van der Waals surface area contributed by atoms with Crippen LogP contribution in [-0.2, 0) is 11.2 Å². The molecule has 0 unspecified atom stereocenters. The molecule has 3 aliphatic rings. The van der Waals surface area contributed by atoms with E-state index in [9.17, 15) is 9.59 Å². The van der Waals surface area contributed by atoms with Crippen molar-refractivity contribution in [3.63, 3.8) is 0 Å². The second-order valence-electron chi connectivity index (χ2n) is 8.44. The lowest BCUT2D eigenvalue weighted by Crippen LogP contribution is -2.47. The van der Waals surface area contributed by atoms with Crippen LogP contribution in [0.4, 0.5) is 5.69 Å². The lowest BCUT2D eigenvalue weighted by atomic mass is 9.97. The molecular formula is C24H28N4O3. The number of ether oxygens (including phenoxy) is 1. The highest BCUT2D eigenvalue weighted by Gasteiger charge is 2.39. The maximum atomic E-state index is 13.4. The molecule has 7 nitrogen and oxygen atoms in total. The van der Waals surface area contributed by atoms with Crippen LogP contribution in [0.25, 0.3) is 0 Å². The molecule has 0 radical (unpaired) electrons. The highest BCUT2D eigenvalue weighted by atomic mass is 16.5. The molecule has 2 aromatic carbocycles. The highest BCUT2D eigenvalue weighted by molar-refractivity contribution is 6.03. The summed E-state index contributed by atoms with van der Waals surface area (Å²) in [6, 6.07) is 13.3. The number of carbonyl (C=O) groups excluding carboxylic acids is 2. The third-order valence-corrected chi connectivity index (χ3v) is 6.69. The Morgan fingerprint density at radius 3 is 2.68 bits per heavy atom. The van der Waals surface area contributed by atoms with Gasteiger partial charge in [0.15, 0.2) is 0 Å². The number of hydrogen-bond donors (Lipinski definition) is 2. The maximum absolute atomic E-state index is 13.4. The number of anilines is 1. The number of methoxy groups -OCH3 is 1. The summed E-state index contributed by atoms with van der Waals surface area (Å²) < 4.78 is 5.60. The Kier molecular flexibility index (Phi) is 5.38. The normalized spacial score (nSPS) is 20.9. The predicted molar refractivity (Wildman–Crippen MR) is 118 cm³/mol. The average Bonchev–Trinajstić information content (AvgIpc) is 3.58. The van der Waals surface area contributed by atoms with Crippen molar-refractivity contribution < 1.29 is 14.3 Å². The molecule has 2 amide bonds. The first-order valence-electron chi connectivity index (χ1n) is 11.0. The van der Waals surface area contributed by atoms with Gasteiger partial charge in [-0.05, 0) is 48.6 Å².